The zero-order valence-electron chi connectivity index (χ0n) is 12.0. The Morgan fingerprint density at radius 3 is 2.71 bits per heavy atom. The molecule has 0 aromatic carbocycles. The molecule has 0 bridgehead atoms. The number of piperidine rings is 1. The van der Waals surface area contributed by atoms with Crippen molar-refractivity contribution in [2.45, 2.75) is 32.2 Å². The lowest BCUT2D eigenvalue weighted by Gasteiger charge is -2.22. The molecule has 0 atom stereocenters. The number of pyridine rings is 1. The first-order chi connectivity index (χ1) is 10.1. The van der Waals surface area contributed by atoms with E-state index in [-0.39, 0.29) is 11.6 Å². The first kappa shape index (κ1) is 15.4. The molecule has 6 nitrogen and oxygen atoms in total. The van der Waals surface area contributed by atoms with Gasteiger partial charge >= 0.3 is 5.97 Å². The number of hydrogen-bond donors (Lipinski definition) is 3. The number of hydrogen-bond acceptors (Lipinski definition) is 4. The van der Waals surface area contributed by atoms with E-state index in [9.17, 15) is 9.59 Å². The molecule has 1 fully saturated rings. The molecule has 1 amide bonds. The quantitative estimate of drug-likeness (QED) is 0.732. The number of rotatable bonds is 6. The zero-order chi connectivity index (χ0) is 15.1. The van der Waals surface area contributed by atoms with Gasteiger partial charge in [0, 0.05) is 19.2 Å². The van der Waals surface area contributed by atoms with Gasteiger partial charge in [0.1, 0.15) is 5.69 Å². The van der Waals surface area contributed by atoms with Crippen LogP contribution in [0.4, 0.5) is 0 Å². The Hall–Kier alpha value is -1.95. The molecule has 2 rings (SSSR count). The molecule has 21 heavy (non-hydrogen) atoms. The second-order valence-electron chi connectivity index (χ2n) is 5.37. The lowest BCUT2D eigenvalue weighted by atomic mass is 9.93. The molecule has 0 aliphatic carbocycles. The Bertz CT molecular complexity index is 481. The van der Waals surface area contributed by atoms with E-state index in [1.54, 1.807) is 6.07 Å². The van der Waals surface area contributed by atoms with Crippen molar-refractivity contribution < 1.29 is 14.7 Å². The molecule has 6 heteroatoms. The molecule has 1 aliphatic rings. The maximum atomic E-state index is 11.8. The summed E-state index contributed by atoms with van der Waals surface area (Å²) in [6.07, 6.45) is 5.26. The molecular weight excluding hydrogens is 270 g/mol. The summed E-state index contributed by atoms with van der Waals surface area (Å²) in [6, 6.07) is 3.11. The molecular formula is C15H21N3O3. The highest BCUT2D eigenvalue weighted by molar-refractivity contribution is 5.85. The average Bonchev–Trinajstić information content (AvgIpc) is 2.52. The number of carboxylic acid groups (broad SMARTS) is 1. The summed E-state index contributed by atoms with van der Waals surface area (Å²) in [5.74, 6) is -0.364. The van der Waals surface area contributed by atoms with Gasteiger partial charge in [-0.1, -0.05) is 6.07 Å². The summed E-state index contributed by atoms with van der Waals surface area (Å²) in [5.41, 5.74) is 0.811. The van der Waals surface area contributed by atoms with Crippen LogP contribution < -0.4 is 10.6 Å². The highest BCUT2D eigenvalue weighted by atomic mass is 16.4. The van der Waals surface area contributed by atoms with E-state index in [0.717, 1.165) is 37.9 Å². The van der Waals surface area contributed by atoms with Gasteiger partial charge in [-0.15, -0.1) is 0 Å². The molecule has 1 aliphatic heterocycles. The van der Waals surface area contributed by atoms with E-state index in [4.69, 9.17) is 5.11 Å². The summed E-state index contributed by atoms with van der Waals surface area (Å²) in [4.78, 5) is 26.3. The lowest BCUT2D eigenvalue weighted by Crippen LogP contribution is -2.29. The monoisotopic (exact) mass is 291 g/mol. The molecule has 0 radical (unpaired) electrons. The summed E-state index contributed by atoms with van der Waals surface area (Å²) >= 11 is 0. The predicted molar refractivity (Wildman–Crippen MR) is 77.9 cm³/mol. The van der Waals surface area contributed by atoms with E-state index in [1.807, 2.05) is 0 Å². The van der Waals surface area contributed by atoms with Gasteiger partial charge in [0.15, 0.2) is 0 Å². The van der Waals surface area contributed by atoms with Crippen molar-refractivity contribution in [1.82, 2.24) is 15.6 Å². The Morgan fingerprint density at radius 2 is 2.10 bits per heavy atom. The van der Waals surface area contributed by atoms with Crippen molar-refractivity contribution in [2.75, 3.05) is 13.1 Å². The van der Waals surface area contributed by atoms with Crippen LogP contribution in [-0.2, 0) is 11.3 Å². The van der Waals surface area contributed by atoms with Crippen molar-refractivity contribution in [3.05, 3.63) is 29.6 Å². The minimum Gasteiger partial charge on any atom is -0.477 e. The summed E-state index contributed by atoms with van der Waals surface area (Å²) in [5, 5.41) is 14.9. The fourth-order valence-electron chi connectivity index (χ4n) is 2.45. The SMILES string of the molecule is O=C(CCC1CCNCC1)NCc1ccc(C(=O)O)nc1. The van der Waals surface area contributed by atoms with Crippen molar-refractivity contribution >= 4 is 11.9 Å². The smallest absolute Gasteiger partial charge is 0.354 e. The Morgan fingerprint density at radius 1 is 1.33 bits per heavy atom. The maximum absolute atomic E-state index is 11.8. The normalized spacial score (nSPS) is 15.6. The second kappa shape index (κ2) is 7.73. The van der Waals surface area contributed by atoms with E-state index in [2.05, 4.69) is 15.6 Å². The molecule has 1 saturated heterocycles. The van der Waals surface area contributed by atoms with Crippen molar-refractivity contribution in [1.29, 1.82) is 0 Å². The van der Waals surface area contributed by atoms with E-state index < -0.39 is 5.97 Å². The van der Waals surface area contributed by atoms with Gasteiger partial charge in [-0.2, -0.15) is 0 Å². The van der Waals surface area contributed by atoms with Crippen LogP contribution in [0.25, 0.3) is 0 Å². The van der Waals surface area contributed by atoms with Crippen LogP contribution in [0.15, 0.2) is 18.3 Å². The number of amides is 1. The minimum absolute atomic E-state index is 0.0102. The number of nitrogens with zero attached hydrogens (tertiary/aromatic N) is 1. The Labute approximate surface area is 124 Å². The number of aromatic carboxylic acids is 1. The van der Waals surface area contributed by atoms with Gasteiger partial charge in [0.25, 0.3) is 0 Å². The molecule has 1 aromatic heterocycles. The molecule has 3 N–H and O–H groups in total. The third-order valence-electron chi connectivity index (χ3n) is 3.77. The first-order valence-corrected chi connectivity index (χ1v) is 7.31. The lowest BCUT2D eigenvalue weighted by molar-refractivity contribution is -0.121. The molecule has 0 spiro atoms. The number of carbonyl (C=O) groups is 2. The second-order valence-corrected chi connectivity index (χ2v) is 5.37. The number of carbonyl (C=O) groups excluding carboxylic acids is 1. The standard InChI is InChI=1S/C15H21N3O3/c19-14(4-2-11-5-7-16-8-6-11)18-10-12-1-3-13(15(20)21)17-9-12/h1,3,9,11,16H,2,4-8,10H2,(H,18,19)(H,20,21). The van der Waals surface area contributed by atoms with Gasteiger partial charge in [0.2, 0.25) is 5.91 Å². The van der Waals surface area contributed by atoms with Crippen molar-refractivity contribution in [3.8, 4) is 0 Å². The Kier molecular flexibility index (Phi) is 5.68. The molecule has 2 heterocycles. The largest absolute Gasteiger partial charge is 0.477 e. The predicted octanol–water partition coefficient (Wildman–Crippen LogP) is 1.18. The minimum atomic E-state index is -1.05. The van der Waals surface area contributed by atoms with E-state index in [1.165, 1.54) is 12.3 Å². The third kappa shape index (κ3) is 5.15. The summed E-state index contributed by atoms with van der Waals surface area (Å²) < 4.78 is 0. The summed E-state index contributed by atoms with van der Waals surface area (Å²) in [7, 11) is 0. The molecule has 114 valence electrons. The van der Waals surface area contributed by atoms with Crippen LogP contribution >= 0.6 is 0 Å². The van der Waals surface area contributed by atoms with E-state index in [0.29, 0.717) is 18.9 Å². The average molecular weight is 291 g/mol. The zero-order valence-corrected chi connectivity index (χ0v) is 12.0. The van der Waals surface area contributed by atoms with Crippen molar-refractivity contribution in [3.63, 3.8) is 0 Å². The molecule has 1 aromatic rings. The highest BCUT2D eigenvalue weighted by Gasteiger charge is 2.14. The fraction of sp³-hybridized carbons (Fsp3) is 0.533. The molecule has 0 unspecified atom stereocenters. The number of carboxylic acids is 1. The molecule has 0 saturated carbocycles. The maximum Gasteiger partial charge on any atom is 0.354 e. The topological polar surface area (TPSA) is 91.3 Å². The highest BCUT2D eigenvalue weighted by Crippen LogP contribution is 2.17. The van der Waals surface area contributed by atoms with Gasteiger partial charge < -0.3 is 15.7 Å². The van der Waals surface area contributed by atoms with Crippen molar-refractivity contribution in [2.24, 2.45) is 5.92 Å². The number of nitrogens with one attached hydrogen (secondary N) is 2. The third-order valence-corrected chi connectivity index (χ3v) is 3.77. The van der Waals surface area contributed by atoms with Gasteiger partial charge in [0.05, 0.1) is 0 Å². The van der Waals surface area contributed by atoms with E-state index >= 15 is 0 Å². The van der Waals surface area contributed by atoms with Gasteiger partial charge in [-0.25, -0.2) is 9.78 Å². The van der Waals surface area contributed by atoms with Crippen LogP contribution in [0.2, 0.25) is 0 Å². The fourth-order valence-corrected chi connectivity index (χ4v) is 2.45. The van der Waals surface area contributed by atoms with Crippen LogP contribution in [0.3, 0.4) is 0 Å². The van der Waals surface area contributed by atoms with Crippen LogP contribution in [0.1, 0.15) is 41.7 Å². The van der Waals surface area contributed by atoms with Crippen LogP contribution in [-0.4, -0.2) is 35.1 Å². The van der Waals surface area contributed by atoms with Gasteiger partial charge in [-0.3, -0.25) is 4.79 Å². The summed E-state index contributed by atoms with van der Waals surface area (Å²) in [6.45, 7) is 2.49. The first-order valence-electron chi connectivity index (χ1n) is 7.31. The number of aromatic nitrogens is 1. The Balaban J connectivity index is 1.69. The van der Waals surface area contributed by atoms with Crippen LogP contribution in [0, 0.1) is 5.92 Å². The van der Waals surface area contributed by atoms with Gasteiger partial charge in [-0.05, 0) is 49.9 Å². The van der Waals surface area contributed by atoms with Crippen LogP contribution in [0.5, 0.6) is 0 Å².